The largest absolute Gasteiger partial charge is 0.494 e. The number of ketones is 1. The number of carbonyl (C=O) groups is 1. The van der Waals surface area contributed by atoms with E-state index in [-0.39, 0.29) is 46.7 Å². The van der Waals surface area contributed by atoms with Crippen LogP contribution < -0.4 is 25.2 Å². The first-order valence-electron chi connectivity index (χ1n) is 19.8. The van der Waals surface area contributed by atoms with E-state index in [1.807, 2.05) is 20.2 Å². The summed E-state index contributed by atoms with van der Waals surface area (Å²) < 4.78 is 49.5. The first-order valence-corrected chi connectivity index (χ1v) is 19.8. The number of morpholine rings is 1. The Balaban J connectivity index is 1.20. The van der Waals surface area contributed by atoms with Crippen molar-refractivity contribution in [3.63, 3.8) is 0 Å². The number of ether oxygens (including phenoxy) is 3. The molecule has 1 saturated heterocycles. The van der Waals surface area contributed by atoms with Crippen LogP contribution in [0.25, 0.3) is 22.2 Å². The zero-order valence-electron chi connectivity index (χ0n) is 34.9. The number of quaternary nitrogens is 1. The van der Waals surface area contributed by atoms with Gasteiger partial charge in [-0.25, -0.2) is 18.7 Å². The third-order valence-electron chi connectivity index (χ3n) is 10.7. The lowest BCUT2D eigenvalue weighted by Crippen LogP contribution is -2.41. The number of benzene rings is 2. The van der Waals surface area contributed by atoms with Gasteiger partial charge in [-0.05, 0) is 53.3 Å². The molecule has 1 fully saturated rings. The number of methoxy groups -OCH3 is 2. The molecule has 0 saturated carbocycles. The molecule has 2 aromatic carbocycles. The minimum atomic E-state index is -1.09. The van der Waals surface area contributed by atoms with E-state index in [4.69, 9.17) is 19.2 Å². The quantitative estimate of drug-likeness (QED) is 0.0528. The molecular weight excluding hydrogens is 805 g/mol. The van der Waals surface area contributed by atoms with Crippen LogP contribution in [-0.2, 0) is 16.0 Å². The van der Waals surface area contributed by atoms with Gasteiger partial charge in [0.15, 0.2) is 28.9 Å². The van der Waals surface area contributed by atoms with Crippen molar-refractivity contribution in [2.75, 3.05) is 77.9 Å². The van der Waals surface area contributed by atoms with Crippen molar-refractivity contribution in [2.45, 2.75) is 25.8 Å². The van der Waals surface area contributed by atoms with Gasteiger partial charge < -0.3 is 39.0 Å². The fraction of sp³-hybridized carbons (Fsp3) is 0.318. The van der Waals surface area contributed by atoms with Gasteiger partial charge in [0.05, 0.1) is 82.7 Å². The number of aromatic nitrogens is 4. The standard InChI is InChI=1S/C44H45F2N9O7/c1-27(29-9-6-8-28(20-29)21-33(56)10-7-17-55(2,3)26-30-13-14-47-41(30)54(58)59)53-42-31(22-34(43(53)57)38-39(45)35(60-4)23-36(61-5)40(38)46)24-49-44(51-42)50-37-12-11-32(25-48-37)52-15-18-62-19-16-52/h6-12,14,20,22-25,27H,13,15-19,21,26H2,1-5H3/p+1/b10-7+. The molecule has 322 valence electrons. The van der Waals surface area contributed by atoms with E-state index in [2.05, 4.69) is 25.2 Å². The highest BCUT2D eigenvalue weighted by Gasteiger charge is 2.29. The molecule has 2 aliphatic rings. The minimum Gasteiger partial charge on any atom is -0.494 e. The molecule has 1 N–H and O–H groups in total. The number of nitrogens with zero attached hydrogens (tertiary/aromatic N) is 8. The summed E-state index contributed by atoms with van der Waals surface area (Å²) in [4.78, 5) is 58.6. The number of anilines is 3. The molecular formula is C44H46F2N9O7+. The van der Waals surface area contributed by atoms with E-state index < -0.39 is 33.7 Å². The van der Waals surface area contributed by atoms with Gasteiger partial charge in [0.2, 0.25) is 5.95 Å². The van der Waals surface area contributed by atoms with Crippen LogP contribution in [0.4, 0.5) is 26.2 Å². The number of allylic oxidation sites excluding steroid dienone is 1. The van der Waals surface area contributed by atoms with E-state index in [9.17, 15) is 19.7 Å². The number of nitrogens with one attached hydrogen (secondary N) is 1. The van der Waals surface area contributed by atoms with Crippen LogP contribution in [0, 0.1) is 21.7 Å². The summed E-state index contributed by atoms with van der Waals surface area (Å²) >= 11 is 0. The molecule has 0 aliphatic carbocycles. The SMILES string of the molecule is COc1cc(OC)c(F)c(-c2cc3cnc(Nc4ccc(N5CCOCC5)cn4)nc3n(C(C)c3cccc(CC(=O)/C=C/C[N+](C)(C)CC4=C([N+](=O)[O-])N=CC4)c3)c2=O)c1F. The van der Waals surface area contributed by atoms with Gasteiger partial charge in [-0.1, -0.05) is 29.3 Å². The van der Waals surface area contributed by atoms with Crippen LogP contribution in [0.15, 0.2) is 94.3 Å². The molecule has 0 spiro atoms. The summed E-state index contributed by atoms with van der Waals surface area (Å²) in [6.07, 6.45) is 8.41. The van der Waals surface area contributed by atoms with Crippen molar-refractivity contribution >= 4 is 40.5 Å². The molecule has 0 bridgehead atoms. The Labute approximate surface area is 355 Å². The number of aliphatic imine (C=N–C) groups is 1. The van der Waals surface area contributed by atoms with Gasteiger partial charge in [0.1, 0.15) is 24.2 Å². The van der Waals surface area contributed by atoms with Gasteiger partial charge in [-0.2, -0.15) is 4.98 Å². The van der Waals surface area contributed by atoms with E-state index in [1.54, 1.807) is 49.5 Å². The number of halogens is 2. The number of likely N-dealkylation sites (N-methyl/N-ethyl adjacent to an activating group) is 1. The molecule has 5 heterocycles. The Kier molecular flexibility index (Phi) is 12.8. The average Bonchev–Trinajstić information content (AvgIpc) is 3.72. The molecule has 62 heavy (non-hydrogen) atoms. The van der Waals surface area contributed by atoms with Gasteiger partial charge >= 0.3 is 5.82 Å². The van der Waals surface area contributed by atoms with Crippen LogP contribution in [0.3, 0.4) is 0 Å². The molecule has 0 amide bonds. The second-order valence-corrected chi connectivity index (χ2v) is 15.6. The number of nitro groups is 1. The fourth-order valence-electron chi connectivity index (χ4n) is 7.58. The first-order chi connectivity index (χ1) is 29.8. The predicted molar refractivity (Wildman–Crippen MR) is 230 cm³/mol. The smallest absolute Gasteiger partial charge is 0.368 e. The molecule has 16 nitrogen and oxygen atoms in total. The molecule has 18 heteroatoms. The van der Waals surface area contributed by atoms with Crippen molar-refractivity contribution in [1.29, 1.82) is 0 Å². The van der Waals surface area contributed by atoms with Gasteiger partial charge in [-0.3, -0.25) is 14.2 Å². The number of hydrogen-bond acceptors (Lipinski definition) is 13. The van der Waals surface area contributed by atoms with Gasteiger partial charge in [0, 0.05) is 43.6 Å². The van der Waals surface area contributed by atoms with E-state index >= 15 is 8.78 Å². The zero-order chi connectivity index (χ0) is 44.1. The lowest BCUT2D eigenvalue weighted by atomic mass is 10.00. The fourth-order valence-corrected chi connectivity index (χ4v) is 7.58. The summed E-state index contributed by atoms with van der Waals surface area (Å²) in [5.74, 6) is -2.55. The Morgan fingerprint density at radius 3 is 2.47 bits per heavy atom. The normalized spacial score (nSPS) is 14.8. The summed E-state index contributed by atoms with van der Waals surface area (Å²) in [6.45, 7) is 5.35. The molecule has 5 aromatic rings. The summed E-state index contributed by atoms with van der Waals surface area (Å²) in [5, 5.41) is 14.8. The Bertz CT molecular complexity index is 2650. The van der Waals surface area contributed by atoms with Crippen molar-refractivity contribution in [3.8, 4) is 22.6 Å². The van der Waals surface area contributed by atoms with Crippen molar-refractivity contribution in [1.82, 2.24) is 19.5 Å². The van der Waals surface area contributed by atoms with E-state index in [0.29, 0.717) is 65.1 Å². The van der Waals surface area contributed by atoms with Crippen LogP contribution in [0.2, 0.25) is 0 Å². The predicted octanol–water partition coefficient (Wildman–Crippen LogP) is 6.05. The highest BCUT2D eigenvalue weighted by Crippen LogP contribution is 2.38. The van der Waals surface area contributed by atoms with Crippen molar-refractivity contribution < 1.29 is 37.2 Å². The van der Waals surface area contributed by atoms with Crippen LogP contribution in [0.5, 0.6) is 11.5 Å². The lowest BCUT2D eigenvalue weighted by Gasteiger charge is -2.28. The molecule has 1 unspecified atom stereocenters. The Morgan fingerprint density at radius 1 is 1.05 bits per heavy atom. The maximum Gasteiger partial charge on any atom is 0.368 e. The monoisotopic (exact) mass is 850 g/mol. The van der Waals surface area contributed by atoms with E-state index in [1.165, 1.54) is 43.3 Å². The summed E-state index contributed by atoms with van der Waals surface area (Å²) in [7, 11) is 6.28. The van der Waals surface area contributed by atoms with Crippen LogP contribution in [0.1, 0.15) is 30.5 Å². The maximum absolute atomic E-state index is 16.0. The highest BCUT2D eigenvalue weighted by atomic mass is 19.1. The van der Waals surface area contributed by atoms with Crippen LogP contribution >= 0.6 is 0 Å². The molecule has 0 radical (unpaired) electrons. The highest BCUT2D eigenvalue weighted by molar-refractivity contribution is 5.91. The Hall–Kier alpha value is -6.92. The number of fused-ring (bicyclic) bond motifs is 1. The second kappa shape index (κ2) is 18.4. The van der Waals surface area contributed by atoms with Crippen LogP contribution in [-0.4, -0.2) is 109 Å². The maximum atomic E-state index is 16.0. The Morgan fingerprint density at radius 2 is 1.79 bits per heavy atom. The molecule has 7 rings (SSSR count). The molecule has 3 aromatic heterocycles. The topological polar surface area (TPSA) is 176 Å². The number of rotatable bonds is 16. The van der Waals surface area contributed by atoms with Gasteiger partial charge in [-0.15, -0.1) is 0 Å². The minimum absolute atomic E-state index is 0.0399. The summed E-state index contributed by atoms with van der Waals surface area (Å²) in [6, 6.07) is 12.5. The third kappa shape index (κ3) is 9.35. The zero-order valence-corrected chi connectivity index (χ0v) is 34.9. The number of carbonyl (C=O) groups excluding carboxylic acids is 1. The van der Waals surface area contributed by atoms with E-state index in [0.717, 1.165) is 24.8 Å². The lowest BCUT2D eigenvalue weighted by molar-refractivity contribution is -0.880. The number of hydrogen-bond donors (Lipinski definition) is 1. The van der Waals surface area contributed by atoms with Crippen molar-refractivity contribution in [2.24, 2.45) is 4.99 Å². The van der Waals surface area contributed by atoms with Gasteiger partial charge in [0.25, 0.3) is 5.56 Å². The molecule has 1 atom stereocenters. The second-order valence-electron chi connectivity index (χ2n) is 15.6. The third-order valence-corrected chi connectivity index (χ3v) is 10.7. The first kappa shape index (κ1) is 43.2. The number of pyridine rings is 2. The average molecular weight is 851 g/mol. The molecule has 2 aliphatic heterocycles. The van der Waals surface area contributed by atoms with Crippen molar-refractivity contribution in [3.05, 3.63) is 128 Å². The summed E-state index contributed by atoms with van der Waals surface area (Å²) in [5.41, 5.74) is 1.30.